The van der Waals surface area contributed by atoms with Crippen molar-refractivity contribution in [3.63, 3.8) is 0 Å². The number of aryl methyl sites for hydroxylation is 1. The van der Waals surface area contributed by atoms with Crippen molar-refractivity contribution in [2.75, 3.05) is 53.4 Å². The number of ether oxygens (including phenoxy) is 1. The van der Waals surface area contributed by atoms with Crippen LogP contribution >= 0.6 is 0 Å². The summed E-state index contributed by atoms with van der Waals surface area (Å²) in [6.45, 7) is 8.77. The first kappa shape index (κ1) is 30.1. The Labute approximate surface area is 256 Å². The van der Waals surface area contributed by atoms with E-state index in [4.69, 9.17) is 4.74 Å². The number of amides is 1. The van der Waals surface area contributed by atoms with E-state index in [1.165, 1.54) is 41.9 Å². The molecular formula is C33H45N5O4S. The van der Waals surface area contributed by atoms with Crippen LogP contribution in [0, 0.1) is 6.92 Å². The standard InChI is InChI=1S/C33H45N5O4S/c1-5-37-18-16-35(3)26-21-38-29-20-25(33(39)34-43(40,41)36(4)17-19-37)14-15-27(29)30(24-11-7-6-8-12-24)31(38)28-13-9-10-23(2)32(28)42-22-26/h9-10,13-15,20,24,26H,5-8,11-12,16-19,21-22H2,1-4H3,(H,34,39). The zero-order valence-electron chi connectivity index (χ0n) is 25.9. The summed E-state index contributed by atoms with van der Waals surface area (Å²) in [6.07, 6.45) is 5.95. The van der Waals surface area contributed by atoms with E-state index >= 15 is 0 Å². The Morgan fingerprint density at radius 3 is 2.53 bits per heavy atom. The molecular weight excluding hydrogens is 562 g/mol. The van der Waals surface area contributed by atoms with E-state index in [1.54, 1.807) is 6.07 Å². The van der Waals surface area contributed by atoms with Crippen molar-refractivity contribution in [3.8, 4) is 17.0 Å². The van der Waals surface area contributed by atoms with Gasteiger partial charge in [0.25, 0.3) is 5.91 Å². The second kappa shape index (κ2) is 12.2. The maximum Gasteiger partial charge on any atom is 0.303 e. The fraction of sp³-hybridized carbons (Fsp3) is 0.545. The number of nitrogens with one attached hydrogen (secondary N) is 1. The van der Waals surface area contributed by atoms with Crippen LogP contribution in [0.3, 0.4) is 0 Å². The number of nitrogens with zero attached hydrogens (tertiary/aromatic N) is 4. The van der Waals surface area contributed by atoms with Crippen LogP contribution in [0.1, 0.15) is 66.4 Å². The molecule has 0 radical (unpaired) electrons. The fourth-order valence-corrected chi connectivity index (χ4v) is 7.94. The van der Waals surface area contributed by atoms with E-state index in [0.29, 0.717) is 37.7 Å². The van der Waals surface area contributed by atoms with E-state index in [1.807, 2.05) is 12.1 Å². The number of para-hydroxylation sites is 1. The third-order valence-corrected chi connectivity index (χ3v) is 11.3. The summed E-state index contributed by atoms with van der Waals surface area (Å²) in [5, 5.41) is 1.15. The van der Waals surface area contributed by atoms with Crippen molar-refractivity contribution in [3.05, 3.63) is 53.1 Å². The lowest BCUT2D eigenvalue weighted by Gasteiger charge is -2.34. The Morgan fingerprint density at radius 1 is 1.00 bits per heavy atom. The monoisotopic (exact) mass is 607 g/mol. The summed E-state index contributed by atoms with van der Waals surface area (Å²) < 4.78 is 38.9. The smallest absolute Gasteiger partial charge is 0.303 e. The molecule has 2 aliphatic heterocycles. The molecule has 1 saturated carbocycles. The number of hydrogen-bond donors (Lipinski definition) is 1. The van der Waals surface area contributed by atoms with Crippen molar-refractivity contribution in [2.24, 2.45) is 0 Å². The number of hydrogen-bond acceptors (Lipinski definition) is 6. The van der Waals surface area contributed by atoms with Crippen LogP contribution < -0.4 is 9.46 Å². The lowest BCUT2D eigenvalue weighted by atomic mass is 9.81. The highest BCUT2D eigenvalue weighted by molar-refractivity contribution is 7.87. The quantitative estimate of drug-likeness (QED) is 0.459. The van der Waals surface area contributed by atoms with Gasteiger partial charge in [0, 0.05) is 61.8 Å². The first-order valence-corrected chi connectivity index (χ1v) is 17.2. The van der Waals surface area contributed by atoms with Crippen molar-refractivity contribution in [1.82, 2.24) is 23.4 Å². The largest absolute Gasteiger partial charge is 0.491 e. The lowest BCUT2D eigenvalue weighted by Crippen LogP contribution is -2.47. The number of carbonyl (C=O) groups is 1. The molecule has 4 bridgehead atoms. The highest BCUT2D eigenvalue weighted by Crippen LogP contribution is 2.47. The summed E-state index contributed by atoms with van der Waals surface area (Å²) in [6, 6.07) is 12.2. The third-order valence-electron chi connectivity index (χ3n) is 9.86. The zero-order valence-corrected chi connectivity index (χ0v) is 26.8. The highest BCUT2D eigenvalue weighted by Gasteiger charge is 2.33. The summed E-state index contributed by atoms with van der Waals surface area (Å²) in [5.74, 6) is 0.734. The second-order valence-electron chi connectivity index (χ2n) is 12.5. The van der Waals surface area contributed by atoms with Gasteiger partial charge in [0.2, 0.25) is 0 Å². The first-order valence-electron chi connectivity index (χ1n) is 15.8. The third kappa shape index (κ3) is 5.82. The molecule has 2 aromatic carbocycles. The minimum atomic E-state index is -3.99. The van der Waals surface area contributed by atoms with Gasteiger partial charge in [-0.25, -0.2) is 4.72 Å². The van der Waals surface area contributed by atoms with Crippen molar-refractivity contribution in [2.45, 2.75) is 64.5 Å². The predicted octanol–water partition coefficient (Wildman–Crippen LogP) is 4.60. The molecule has 1 fully saturated rings. The maximum absolute atomic E-state index is 13.5. The van der Waals surface area contributed by atoms with E-state index in [2.05, 4.69) is 58.2 Å². The minimum absolute atomic E-state index is 0.105. The molecule has 1 N–H and O–H groups in total. The van der Waals surface area contributed by atoms with Gasteiger partial charge in [-0.2, -0.15) is 12.7 Å². The number of likely N-dealkylation sites (N-methyl/N-ethyl adjacent to an activating group) is 3. The summed E-state index contributed by atoms with van der Waals surface area (Å²) in [7, 11) is -0.309. The summed E-state index contributed by atoms with van der Waals surface area (Å²) in [5.41, 5.74) is 6.04. The van der Waals surface area contributed by atoms with E-state index < -0.39 is 16.1 Å². The van der Waals surface area contributed by atoms with Gasteiger partial charge < -0.3 is 14.2 Å². The SMILES string of the molecule is CCN1CCN(C)C2COc3c(C)cccc3-c3c(C4CCCCC4)c4ccc(cc4n3C2)C(=O)NS(=O)(=O)N(C)CC1. The van der Waals surface area contributed by atoms with Gasteiger partial charge in [-0.1, -0.05) is 44.4 Å². The predicted molar refractivity (Wildman–Crippen MR) is 171 cm³/mol. The van der Waals surface area contributed by atoms with Gasteiger partial charge in [-0.15, -0.1) is 0 Å². The Morgan fingerprint density at radius 2 is 1.77 bits per heavy atom. The molecule has 0 spiro atoms. The normalized spacial score (nSPS) is 23.1. The molecule has 3 aliphatic rings. The van der Waals surface area contributed by atoms with Crippen molar-refractivity contribution in [1.29, 1.82) is 0 Å². The van der Waals surface area contributed by atoms with Crippen molar-refractivity contribution >= 4 is 27.0 Å². The van der Waals surface area contributed by atoms with Crippen LogP contribution in [0.5, 0.6) is 5.75 Å². The van der Waals surface area contributed by atoms with Crippen LogP contribution in [-0.2, 0) is 16.8 Å². The Bertz CT molecular complexity index is 1610. The van der Waals surface area contributed by atoms with Crippen LogP contribution in [-0.4, -0.2) is 92.5 Å². The van der Waals surface area contributed by atoms with Crippen molar-refractivity contribution < 1.29 is 17.9 Å². The van der Waals surface area contributed by atoms with Crippen LogP contribution in [0.4, 0.5) is 0 Å². The number of aromatic nitrogens is 1. The molecule has 1 unspecified atom stereocenters. The average Bonchev–Trinajstić information content (AvgIpc) is 3.30. The fourth-order valence-electron chi connectivity index (χ4n) is 7.11. The first-order chi connectivity index (χ1) is 20.7. The second-order valence-corrected chi connectivity index (χ2v) is 14.3. The number of fused-ring (bicyclic) bond motifs is 4. The highest BCUT2D eigenvalue weighted by atomic mass is 32.2. The molecule has 9 nitrogen and oxygen atoms in total. The van der Waals surface area contributed by atoms with Crippen LogP contribution in [0.25, 0.3) is 22.2 Å². The molecule has 10 heteroatoms. The number of benzene rings is 2. The molecule has 43 heavy (non-hydrogen) atoms. The van der Waals surface area contributed by atoms with Gasteiger partial charge in [0.1, 0.15) is 12.4 Å². The Hall–Kier alpha value is -2.92. The summed E-state index contributed by atoms with van der Waals surface area (Å²) >= 11 is 0. The number of carbonyl (C=O) groups excluding carboxylic acids is 1. The molecule has 0 saturated heterocycles. The molecule has 1 aromatic heterocycles. The molecule has 1 atom stereocenters. The molecule has 3 heterocycles. The topological polar surface area (TPSA) is 87.1 Å². The van der Waals surface area contributed by atoms with Gasteiger partial charge in [-0.3, -0.25) is 9.69 Å². The summed E-state index contributed by atoms with van der Waals surface area (Å²) in [4.78, 5) is 18.1. The molecule has 1 amide bonds. The van der Waals surface area contributed by atoms with Crippen LogP contribution in [0.2, 0.25) is 0 Å². The molecule has 1 aliphatic carbocycles. The molecule has 6 rings (SSSR count). The number of rotatable bonds is 2. The molecule has 3 aromatic rings. The van der Waals surface area contributed by atoms with Gasteiger partial charge in [0.05, 0.1) is 11.7 Å². The van der Waals surface area contributed by atoms with Crippen LogP contribution in [0.15, 0.2) is 36.4 Å². The molecule has 232 valence electrons. The van der Waals surface area contributed by atoms with Gasteiger partial charge in [-0.05, 0) is 68.6 Å². The van der Waals surface area contributed by atoms with E-state index in [9.17, 15) is 13.2 Å². The van der Waals surface area contributed by atoms with Gasteiger partial charge >= 0.3 is 10.2 Å². The van der Waals surface area contributed by atoms with E-state index in [-0.39, 0.29) is 6.04 Å². The Kier molecular flexibility index (Phi) is 8.56. The Balaban J connectivity index is 1.58. The van der Waals surface area contributed by atoms with Gasteiger partial charge in [0.15, 0.2) is 0 Å². The van der Waals surface area contributed by atoms with E-state index in [0.717, 1.165) is 60.3 Å². The lowest BCUT2D eigenvalue weighted by molar-refractivity contribution is 0.0979. The zero-order chi connectivity index (χ0) is 30.3. The minimum Gasteiger partial charge on any atom is -0.491 e. The maximum atomic E-state index is 13.5. The average molecular weight is 608 g/mol.